The van der Waals surface area contributed by atoms with E-state index in [0.717, 1.165) is 22.6 Å². The molecule has 1 fully saturated rings. The molecule has 12 heteroatoms. The van der Waals surface area contributed by atoms with E-state index in [1.165, 1.54) is 0 Å². The molecule has 1 saturated heterocycles. The van der Waals surface area contributed by atoms with Crippen molar-refractivity contribution in [2.75, 3.05) is 51.4 Å². The maximum absolute atomic E-state index is 14.7. The number of carbonyl (C=O) groups excluding carboxylic acids is 1. The molecule has 4 aromatic heterocycles. The van der Waals surface area contributed by atoms with E-state index >= 15 is 0 Å². The number of hydrogen-bond acceptors (Lipinski definition) is 9. The Hall–Kier alpha value is -5.23. The first-order chi connectivity index (χ1) is 22.4. The van der Waals surface area contributed by atoms with Crippen LogP contribution in [0.1, 0.15) is 23.9 Å². The van der Waals surface area contributed by atoms with Gasteiger partial charge in [-0.15, -0.1) is 5.10 Å². The average Bonchev–Trinajstić information content (AvgIpc) is 3.85. The van der Waals surface area contributed by atoms with Gasteiger partial charge < -0.3 is 23.7 Å². The number of fused-ring (bicyclic) bond motifs is 3. The van der Waals surface area contributed by atoms with Crippen LogP contribution >= 0.6 is 0 Å². The predicted octanol–water partition coefficient (Wildman–Crippen LogP) is 4.49. The van der Waals surface area contributed by atoms with E-state index in [9.17, 15) is 4.79 Å². The van der Waals surface area contributed by atoms with Gasteiger partial charge in [-0.1, -0.05) is 29.8 Å². The molecule has 0 N–H and O–H groups in total. The number of anilines is 1. The molecule has 1 aliphatic rings. The quantitative estimate of drug-likeness (QED) is 0.216. The molecule has 1 atom stereocenters. The number of benzene rings is 2. The second-order valence-corrected chi connectivity index (χ2v) is 11.7. The third-order valence-electron chi connectivity index (χ3n) is 8.65. The minimum Gasteiger partial charge on any atom is -0.491 e. The van der Waals surface area contributed by atoms with Crippen LogP contribution in [0.5, 0.6) is 5.75 Å². The fourth-order valence-electron chi connectivity index (χ4n) is 6.11. The van der Waals surface area contributed by atoms with Crippen molar-refractivity contribution in [3.63, 3.8) is 0 Å². The lowest BCUT2D eigenvalue weighted by molar-refractivity contribution is -0.138. The molecule has 236 valence electrons. The van der Waals surface area contributed by atoms with Crippen molar-refractivity contribution >= 4 is 28.3 Å². The van der Waals surface area contributed by atoms with Crippen LogP contribution < -0.4 is 9.64 Å². The Labute approximate surface area is 266 Å². The summed E-state index contributed by atoms with van der Waals surface area (Å²) in [6.45, 7) is 9.42. The highest BCUT2D eigenvalue weighted by Gasteiger charge is 2.43. The Balaban J connectivity index is 1.21. The highest BCUT2D eigenvalue weighted by Crippen LogP contribution is 2.34. The number of hydrogen-bond donors (Lipinski definition) is 0. The summed E-state index contributed by atoms with van der Waals surface area (Å²) < 4.78 is 19.8. The van der Waals surface area contributed by atoms with Gasteiger partial charge in [-0.25, -0.2) is 14.6 Å². The number of ether oxygens (including phenoxy) is 2. The summed E-state index contributed by atoms with van der Waals surface area (Å²) in [6.07, 6.45) is 3.31. The number of rotatable bonds is 9. The number of methoxy groups -OCH3 is 1. The Kier molecular flexibility index (Phi) is 7.65. The molecule has 1 unspecified atom stereocenters. The van der Waals surface area contributed by atoms with Crippen molar-refractivity contribution in [1.82, 2.24) is 34.3 Å². The molecule has 5 heterocycles. The van der Waals surface area contributed by atoms with Crippen LogP contribution in [0.3, 0.4) is 0 Å². The molecule has 12 nitrogen and oxygen atoms in total. The maximum atomic E-state index is 14.7. The van der Waals surface area contributed by atoms with Gasteiger partial charge in [0.15, 0.2) is 22.6 Å². The molecule has 0 aliphatic carbocycles. The zero-order valence-electron chi connectivity index (χ0n) is 26.4. The van der Waals surface area contributed by atoms with E-state index in [4.69, 9.17) is 29.0 Å². The number of aromatic nitrogens is 6. The summed E-state index contributed by atoms with van der Waals surface area (Å²) in [6, 6.07) is 19.7. The van der Waals surface area contributed by atoms with Crippen molar-refractivity contribution in [1.29, 1.82) is 0 Å². The summed E-state index contributed by atoms with van der Waals surface area (Å²) in [5, 5.41) is 10.1. The van der Waals surface area contributed by atoms with Crippen LogP contribution in [0.2, 0.25) is 0 Å². The van der Waals surface area contributed by atoms with Gasteiger partial charge >= 0.3 is 0 Å². The monoisotopic (exact) mass is 620 g/mol. The molecule has 7 rings (SSSR count). The second-order valence-electron chi connectivity index (χ2n) is 11.7. The van der Waals surface area contributed by atoms with E-state index < -0.39 is 5.54 Å². The molecular formula is C34H36N8O4. The van der Waals surface area contributed by atoms with E-state index in [-0.39, 0.29) is 5.91 Å². The highest BCUT2D eigenvalue weighted by atomic mass is 16.5. The molecule has 46 heavy (non-hydrogen) atoms. The summed E-state index contributed by atoms with van der Waals surface area (Å²) in [7, 11) is 1.66. The molecule has 1 amide bonds. The minimum absolute atomic E-state index is 0.0401. The van der Waals surface area contributed by atoms with Gasteiger partial charge in [0.2, 0.25) is 5.82 Å². The van der Waals surface area contributed by atoms with Crippen molar-refractivity contribution in [2.24, 2.45) is 0 Å². The standard InChI is InChI=1S/C34H36N8O4/c1-23-7-5-8-25(21-23)34(3,33(43)40-16-14-39(15-17-40)26-10-12-27(13-11-26)45-20-19-44-4)42-32-28(22-35-42)31-37-30(29-9-6-18-46-29)38-41(31)24(2)36-32/h5-13,18,21-22H,14-17,19-20H2,1-4H3. The Morgan fingerprint density at radius 3 is 2.48 bits per heavy atom. The van der Waals surface area contributed by atoms with Crippen molar-refractivity contribution in [2.45, 2.75) is 26.3 Å². The summed E-state index contributed by atoms with van der Waals surface area (Å²) >= 11 is 0. The zero-order valence-corrected chi connectivity index (χ0v) is 26.4. The smallest absolute Gasteiger partial charge is 0.255 e. The third-order valence-corrected chi connectivity index (χ3v) is 8.65. The van der Waals surface area contributed by atoms with Gasteiger partial charge in [-0.05, 0) is 62.7 Å². The first-order valence-corrected chi connectivity index (χ1v) is 15.4. The molecule has 2 aromatic carbocycles. The third kappa shape index (κ3) is 5.14. The zero-order chi connectivity index (χ0) is 31.8. The normalized spacial score (nSPS) is 15.0. The van der Waals surface area contributed by atoms with E-state index in [1.807, 2.05) is 62.1 Å². The highest BCUT2D eigenvalue weighted by molar-refractivity contribution is 5.93. The van der Waals surface area contributed by atoms with Crippen LogP contribution in [0.25, 0.3) is 28.3 Å². The largest absolute Gasteiger partial charge is 0.491 e. The molecule has 0 spiro atoms. The maximum Gasteiger partial charge on any atom is 0.255 e. The molecule has 6 aromatic rings. The van der Waals surface area contributed by atoms with E-state index in [0.29, 0.717) is 73.5 Å². The SMILES string of the molecule is COCCOc1ccc(N2CCN(C(=O)C(C)(c3cccc(C)c3)n3ncc4c3nc(C)n3nc(-c5ccco5)nc43)CC2)cc1. The lowest BCUT2D eigenvalue weighted by Gasteiger charge is -2.41. The van der Waals surface area contributed by atoms with Crippen LogP contribution in [0.15, 0.2) is 77.5 Å². The summed E-state index contributed by atoms with van der Waals surface area (Å²) in [5.74, 6) is 2.41. The second kappa shape index (κ2) is 11.9. The van der Waals surface area contributed by atoms with Crippen molar-refractivity contribution < 1.29 is 18.7 Å². The molecular weight excluding hydrogens is 584 g/mol. The van der Waals surface area contributed by atoms with Crippen molar-refractivity contribution in [3.05, 3.63) is 90.1 Å². The van der Waals surface area contributed by atoms with Gasteiger partial charge in [-0.2, -0.15) is 9.61 Å². The van der Waals surface area contributed by atoms with Crippen LogP contribution in [0.4, 0.5) is 5.69 Å². The lowest BCUT2D eigenvalue weighted by atomic mass is 9.89. The molecule has 1 aliphatic heterocycles. The molecule has 0 saturated carbocycles. The van der Waals surface area contributed by atoms with Gasteiger partial charge in [0.1, 0.15) is 18.2 Å². The number of carbonyl (C=O) groups is 1. The van der Waals surface area contributed by atoms with Crippen LogP contribution in [-0.4, -0.2) is 86.7 Å². The number of nitrogens with zero attached hydrogens (tertiary/aromatic N) is 8. The Bertz CT molecular complexity index is 1990. The predicted molar refractivity (Wildman–Crippen MR) is 173 cm³/mol. The Morgan fingerprint density at radius 2 is 1.76 bits per heavy atom. The van der Waals surface area contributed by atoms with Crippen LogP contribution in [-0.2, 0) is 15.1 Å². The van der Waals surface area contributed by atoms with Gasteiger partial charge in [0.05, 0.1) is 24.5 Å². The number of furan rings is 1. The summed E-state index contributed by atoms with van der Waals surface area (Å²) in [4.78, 5) is 28.7. The molecule has 0 radical (unpaired) electrons. The van der Waals surface area contributed by atoms with E-state index in [2.05, 4.69) is 28.2 Å². The van der Waals surface area contributed by atoms with E-state index in [1.54, 1.807) is 34.8 Å². The first-order valence-electron chi connectivity index (χ1n) is 15.4. The van der Waals surface area contributed by atoms with Crippen molar-refractivity contribution in [3.8, 4) is 17.3 Å². The van der Waals surface area contributed by atoms with Gasteiger partial charge in [0, 0.05) is 39.0 Å². The number of piperazine rings is 1. The fraction of sp³-hybridized carbons (Fsp3) is 0.324. The average molecular weight is 621 g/mol. The number of amides is 1. The topological polar surface area (TPSA) is 116 Å². The van der Waals surface area contributed by atoms with Gasteiger partial charge in [0.25, 0.3) is 5.91 Å². The Morgan fingerprint density at radius 1 is 0.957 bits per heavy atom. The van der Waals surface area contributed by atoms with Gasteiger partial charge in [-0.3, -0.25) is 4.79 Å². The summed E-state index contributed by atoms with van der Waals surface area (Å²) in [5.41, 5.74) is 2.98. The molecule has 0 bridgehead atoms. The fourth-order valence-corrected chi connectivity index (χ4v) is 6.11. The van der Waals surface area contributed by atoms with Crippen LogP contribution in [0, 0.1) is 13.8 Å². The number of aryl methyl sites for hydroxylation is 2. The first kappa shape index (κ1) is 29.5. The minimum atomic E-state index is -1.17. The lowest BCUT2D eigenvalue weighted by Crippen LogP contribution is -2.56.